The summed E-state index contributed by atoms with van der Waals surface area (Å²) in [5.41, 5.74) is -1.15. The minimum atomic E-state index is -3.13. The number of carbonyl (C=O) groups excluding carboxylic acids is 2. The number of nitrogens with one attached hydrogen (secondary N) is 1. The Hall–Kier alpha value is -0.773. The largest absolute Gasteiger partial charge is 1.00 e. The molecule has 10 heteroatoms. The van der Waals surface area contributed by atoms with Crippen LogP contribution in [0, 0.1) is 11.3 Å². The van der Waals surface area contributed by atoms with E-state index in [0.29, 0.717) is 6.42 Å². The van der Waals surface area contributed by atoms with Crippen molar-refractivity contribution < 1.29 is 58.3 Å². The van der Waals surface area contributed by atoms with Crippen molar-refractivity contribution in [3.63, 3.8) is 0 Å². The zero-order chi connectivity index (χ0) is 15.9. The van der Waals surface area contributed by atoms with Gasteiger partial charge in [0.25, 0.3) is 5.91 Å². The standard InChI is InChI=1S/C11H18N2O3.Na.H2O3Si/c1-4-6-7(3)11(5-2)8(14)12-10(16)13-9(11)15;;1-4(2)3/h7H,4-6H2,1-3H3,(H2,12,13,14,15,16);;1-2H/q;+1;/p-1. The van der Waals surface area contributed by atoms with Crippen molar-refractivity contribution in [3.8, 4) is 0 Å². The first-order chi connectivity index (χ1) is 9.22. The molecule has 21 heavy (non-hydrogen) atoms. The number of hydrogen-bond donors (Lipinski definition) is 3. The fourth-order valence-electron chi connectivity index (χ4n) is 2.30. The molecular weight excluding hydrogens is 307 g/mol. The normalized spacial score (nSPS) is 22.0. The second-order valence-corrected chi connectivity index (χ2v) is 5.04. The molecule has 2 atom stereocenters. The van der Waals surface area contributed by atoms with Gasteiger partial charge in [0.05, 0.1) is 6.02 Å². The van der Waals surface area contributed by atoms with Crippen molar-refractivity contribution in [3.05, 3.63) is 0 Å². The summed E-state index contributed by atoms with van der Waals surface area (Å²) in [4.78, 5) is 41.4. The molecule has 8 nitrogen and oxygen atoms in total. The number of aliphatic imine (C=N–C) groups is 1. The molecule has 2 unspecified atom stereocenters. The van der Waals surface area contributed by atoms with Gasteiger partial charge in [0.1, 0.15) is 5.41 Å². The smallest absolute Gasteiger partial charge is 0.846 e. The average Bonchev–Trinajstić information content (AvgIpc) is 2.28. The molecular formula is C11H19N2NaO6Si. The maximum absolute atomic E-state index is 11.9. The molecule has 0 saturated carbocycles. The van der Waals surface area contributed by atoms with Gasteiger partial charge in [-0.2, -0.15) is 0 Å². The maximum atomic E-state index is 11.9. The van der Waals surface area contributed by atoms with Gasteiger partial charge in [0, 0.05) is 0 Å². The van der Waals surface area contributed by atoms with Gasteiger partial charge in [-0.15, -0.1) is 0 Å². The summed E-state index contributed by atoms with van der Waals surface area (Å²) in [6.07, 6.45) is 2.02. The van der Waals surface area contributed by atoms with Crippen LogP contribution in [0.15, 0.2) is 4.99 Å². The third kappa shape index (κ3) is 5.85. The maximum Gasteiger partial charge on any atom is 1.00 e. The molecule has 1 aliphatic rings. The third-order valence-corrected chi connectivity index (χ3v) is 3.33. The first-order valence-electron chi connectivity index (χ1n) is 6.25. The molecule has 0 fully saturated rings. The zero-order valence-corrected chi connectivity index (χ0v) is 15.7. The number of rotatable bonds is 4. The van der Waals surface area contributed by atoms with Crippen LogP contribution in [-0.2, 0) is 14.1 Å². The van der Waals surface area contributed by atoms with Crippen LogP contribution in [0.4, 0.5) is 0 Å². The molecule has 0 bridgehead atoms. The molecule has 114 valence electrons. The topological polar surface area (TPSA) is 139 Å². The van der Waals surface area contributed by atoms with Crippen LogP contribution in [0.5, 0.6) is 0 Å². The van der Waals surface area contributed by atoms with Gasteiger partial charge in [-0.25, -0.2) is 4.99 Å². The molecule has 0 aromatic rings. The molecule has 0 aromatic heterocycles. The van der Waals surface area contributed by atoms with Crippen molar-refractivity contribution in [1.82, 2.24) is 5.32 Å². The Morgan fingerprint density at radius 2 is 1.86 bits per heavy atom. The van der Waals surface area contributed by atoms with Crippen molar-refractivity contribution >= 4 is 27.0 Å². The van der Waals surface area contributed by atoms with Crippen LogP contribution in [0.2, 0.25) is 0 Å². The van der Waals surface area contributed by atoms with Gasteiger partial charge in [-0.05, 0) is 18.8 Å². The van der Waals surface area contributed by atoms with Crippen LogP contribution < -0.4 is 40.0 Å². The van der Waals surface area contributed by atoms with Crippen LogP contribution in [0.3, 0.4) is 0 Å². The van der Waals surface area contributed by atoms with E-state index in [1.54, 1.807) is 6.92 Å². The molecule has 0 aromatic carbocycles. The van der Waals surface area contributed by atoms with E-state index in [1.165, 1.54) is 0 Å². The Labute approximate surface area is 146 Å². The summed E-state index contributed by atoms with van der Waals surface area (Å²) < 4.78 is 8.74. The Morgan fingerprint density at radius 1 is 1.38 bits per heavy atom. The van der Waals surface area contributed by atoms with E-state index in [9.17, 15) is 14.7 Å². The summed E-state index contributed by atoms with van der Waals surface area (Å²) in [7, 11) is -3.13. The summed E-state index contributed by atoms with van der Waals surface area (Å²) in [5, 5.41) is 13.1. The molecule has 0 spiro atoms. The Balaban J connectivity index is 0. The number of carbonyl (C=O) groups is 2. The molecule has 0 saturated heterocycles. The van der Waals surface area contributed by atoms with Crippen LogP contribution in [0.25, 0.3) is 0 Å². The summed E-state index contributed by atoms with van der Waals surface area (Å²) in [6, 6.07) is -0.845. The first kappa shape index (κ1) is 22.5. The molecule has 3 N–H and O–H groups in total. The number of nitrogens with zero attached hydrogens (tertiary/aromatic N) is 1. The second-order valence-electron chi connectivity index (χ2n) is 4.47. The van der Waals surface area contributed by atoms with Gasteiger partial charge in [-0.3, -0.25) is 14.1 Å². The van der Waals surface area contributed by atoms with Gasteiger partial charge in [0.15, 0.2) is 0 Å². The van der Waals surface area contributed by atoms with Gasteiger partial charge in [-0.1, -0.05) is 27.2 Å². The average molecular weight is 326 g/mol. The summed E-state index contributed by atoms with van der Waals surface area (Å²) in [5.74, 6) is -1.20. The SMILES string of the molecule is CCCC(C)C1(CC)C(=O)N=C([O-])NC1=O.O=[Si](O)O.[Na+]. The van der Waals surface area contributed by atoms with E-state index in [1.807, 2.05) is 13.8 Å². The number of amidine groups is 1. The van der Waals surface area contributed by atoms with E-state index in [2.05, 4.69) is 10.3 Å². The van der Waals surface area contributed by atoms with Crippen LogP contribution in [0.1, 0.15) is 40.0 Å². The Bertz CT molecular complexity index is 427. The Kier molecular flexibility index (Phi) is 10.8. The molecule has 1 aliphatic heterocycles. The van der Waals surface area contributed by atoms with E-state index < -0.39 is 32.4 Å². The molecule has 0 aliphatic carbocycles. The fourth-order valence-corrected chi connectivity index (χ4v) is 2.30. The quantitative estimate of drug-likeness (QED) is 0.352. The summed E-state index contributed by atoms with van der Waals surface area (Å²) in [6.45, 7) is 5.62. The molecule has 1 rings (SSSR count). The van der Waals surface area contributed by atoms with Gasteiger partial charge < -0.3 is 20.0 Å². The molecule has 0 radical (unpaired) electrons. The van der Waals surface area contributed by atoms with E-state index in [-0.39, 0.29) is 35.5 Å². The van der Waals surface area contributed by atoms with Crippen molar-refractivity contribution in [2.75, 3.05) is 0 Å². The minimum absolute atomic E-state index is 0. The molecule has 2 amide bonds. The predicted octanol–water partition coefficient (Wildman–Crippen LogP) is -4.42. The van der Waals surface area contributed by atoms with Crippen molar-refractivity contribution in [2.24, 2.45) is 16.3 Å². The zero-order valence-electron chi connectivity index (χ0n) is 12.7. The van der Waals surface area contributed by atoms with Crippen molar-refractivity contribution in [2.45, 2.75) is 40.0 Å². The monoisotopic (exact) mass is 326 g/mol. The number of hydrogen-bond acceptors (Lipinski definition) is 4. The van der Waals surface area contributed by atoms with E-state index in [4.69, 9.17) is 14.1 Å². The van der Waals surface area contributed by atoms with Crippen LogP contribution in [-0.4, -0.2) is 36.6 Å². The third-order valence-electron chi connectivity index (χ3n) is 3.33. The van der Waals surface area contributed by atoms with Gasteiger partial charge >= 0.3 is 38.7 Å². The predicted molar refractivity (Wildman–Crippen MR) is 68.3 cm³/mol. The number of amides is 2. The minimum Gasteiger partial charge on any atom is -0.846 e. The summed E-state index contributed by atoms with van der Waals surface area (Å²) >= 11 is 0. The molecule has 1 heterocycles. The second kappa shape index (κ2) is 10.0. The first-order valence-corrected chi connectivity index (χ1v) is 7.56. The van der Waals surface area contributed by atoms with E-state index in [0.717, 1.165) is 12.8 Å². The van der Waals surface area contributed by atoms with Crippen molar-refractivity contribution in [1.29, 1.82) is 0 Å². The van der Waals surface area contributed by atoms with Crippen LogP contribution >= 0.6 is 0 Å². The Morgan fingerprint density at radius 3 is 2.19 bits per heavy atom. The fraction of sp³-hybridized carbons (Fsp3) is 0.727. The van der Waals surface area contributed by atoms with E-state index >= 15 is 0 Å². The van der Waals surface area contributed by atoms with Gasteiger partial charge in [0.2, 0.25) is 5.91 Å².